The van der Waals surface area contributed by atoms with E-state index in [1.54, 1.807) is 30.5 Å². The SMILES string of the molecule is C=CC.CC.CCCC.CNC(=O)C(=O)C(Cc1ccccc1)NC(=O)c1csc(C(CC(C(C)C)N(C)C(=O)CNC(=O)C(NC)C(C)C)OC)n1. The third-order valence-electron chi connectivity index (χ3n) is 7.96. The molecule has 2 rings (SSSR count). The molecule has 0 aliphatic rings. The number of nitrogens with one attached hydrogen (secondary N) is 4. The first-order valence-electron chi connectivity index (χ1n) is 18.5. The number of hydrogen-bond donors (Lipinski definition) is 4. The van der Waals surface area contributed by atoms with Gasteiger partial charge in [0.15, 0.2) is 0 Å². The molecule has 1 aromatic heterocycles. The highest BCUT2D eigenvalue weighted by Gasteiger charge is 2.31. The Bertz CT molecular complexity index is 1350. The Hall–Kier alpha value is -3.94. The number of methoxy groups -OCH3 is 1. The van der Waals surface area contributed by atoms with Gasteiger partial charge < -0.3 is 30.9 Å². The summed E-state index contributed by atoms with van der Waals surface area (Å²) in [6, 6.07) is 7.35. The van der Waals surface area contributed by atoms with Crippen molar-refractivity contribution in [1.29, 1.82) is 0 Å². The van der Waals surface area contributed by atoms with Gasteiger partial charge in [-0.25, -0.2) is 4.98 Å². The molecule has 4 amide bonds. The van der Waals surface area contributed by atoms with E-state index in [1.807, 2.05) is 78.8 Å². The van der Waals surface area contributed by atoms with Crippen LogP contribution in [0.1, 0.15) is 109 Å². The van der Waals surface area contributed by atoms with E-state index >= 15 is 0 Å². The van der Waals surface area contributed by atoms with E-state index in [4.69, 9.17) is 4.74 Å². The van der Waals surface area contributed by atoms with Crippen LogP contribution in [-0.2, 0) is 30.3 Å². The van der Waals surface area contributed by atoms with Crippen LogP contribution in [0.3, 0.4) is 0 Å². The van der Waals surface area contributed by atoms with Gasteiger partial charge in [-0.05, 0) is 31.4 Å². The Morgan fingerprint density at radius 1 is 0.981 bits per heavy atom. The summed E-state index contributed by atoms with van der Waals surface area (Å²) >= 11 is 1.23. The van der Waals surface area contributed by atoms with Crippen molar-refractivity contribution in [3.8, 4) is 0 Å². The van der Waals surface area contributed by atoms with Crippen molar-refractivity contribution in [2.24, 2.45) is 11.8 Å². The van der Waals surface area contributed by atoms with Crippen molar-refractivity contribution in [2.75, 3.05) is 34.8 Å². The Balaban J connectivity index is 0. The molecule has 4 N–H and O–H groups in total. The van der Waals surface area contributed by atoms with Crippen LogP contribution >= 0.6 is 11.3 Å². The lowest BCUT2D eigenvalue weighted by Gasteiger charge is -2.33. The predicted octanol–water partition coefficient (Wildman–Crippen LogP) is 5.75. The van der Waals surface area contributed by atoms with Gasteiger partial charge in [0.25, 0.3) is 11.8 Å². The fourth-order valence-electron chi connectivity index (χ4n) is 4.86. The summed E-state index contributed by atoms with van der Waals surface area (Å²) in [6.45, 7) is 21.3. The monoisotopic (exact) mass is 760 g/mol. The zero-order chi connectivity index (χ0) is 41.1. The van der Waals surface area contributed by atoms with E-state index in [0.717, 1.165) is 5.56 Å². The fraction of sp³-hybridized carbons (Fsp3) is 0.600. The normalized spacial score (nSPS) is 12.5. The van der Waals surface area contributed by atoms with Crippen LogP contribution in [0.2, 0.25) is 0 Å². The van der Waals surface area contributed by atoms with Gasteiger partial charge in [0.05, 0.1) is 12.6 Å². The Labute approximate surface area is 323 Å². The van der Waals surface area contributed by atoms with Crippen LogP contribution in [0.4, 0.5) is 0 Å². The molecule has 0 spiro atoms. The lowest BCUT2D eigenvalue weighted by molar-refractivity contribution is -0.138. The Kier molecular flexibility index (Phi) is 28.5. The standard InChI is InChI=1S/C31H46N6O6S.C4H10.C3H6.C2H6/c1-18(2)23(37(7)25(38)16-34-29(41)26(32-5)19(3)4)15-24(43-8)31-36-22(17-44-31)28(40)35-21(27(39)30(42)33-6)14-20-12-10-9-11-13-20;1-3-4-2;1-3-2;1-2/h9-13,17-19,21,23-24,26,32H,14-16H2,1-8H3,(H,33,42)(H,34,41)(H,35,40);3-4H2,1-2H3;3H,1H2,2H3;1-2H3. The molecule has 13 heteroatoms. The molecule has 4 atom stereocenters. The molecule has 0 saturated carbocycles. The maximum atomic E-state index is 13.2. The number of rotatable bonds is 18. The molecule has 0 radical (unpaired) electrons. The van der Waals surface area contributed by atoms with Gasteiger partial charge in [-0.1, -0.05) is 105 Å². The smallest absolute Gasteiger partial charge is 0.289 e. The summed E-state index contributed by atoms with van der Waals surface area (Å²) in [5.41, 5.74) is 0.875. The number of amides is 4. The van der Waals surface area contributed by atoms with Crippen LogP contribution in [0.25, 0.3) is 0 Å². The molecule has 300 valence electrons. The van der Waals surface area contributed by atoms with E-state index in [1.165, 1.54) is 38.3 Å². The third-order valence-corrected chi connectivity index (χ3v) is 8.90. The van der Waals surface area contributed by atoms with Gasteiger partial charge in [-0.3, -0.25) is 24.0 Å². The molecular formula is C40H68N6O6S. The van der Waals surface area contributed by atoms with Crippen LogP contribution in [0.15, 0.2) is 48.4 Å². The van der Waals surface area contributed by atoms with Gasteiger partial charge in [0, 0.05) is 45.5 Å². The molecule has 4 unspecified atom stereocenters. The number of thiazole rings is 1. The first kappa shape index (κ1) is 51.2. The molecule has 0 aliphatic heterocycles. The van der Waals surface area contributed by atoms with Crippen LogP contribution < -0.4 is 21.3 Å². The van der Waals surface area contributed by atoms with Gasteiger partial charge in [0.2, 0.25) is 17.6 Å². The highest BCUT2D eigenvalue weighted by Crippen LogP contribution is 2.29. The van der Waals surface area contributed by atoms with Crippen molar-refractivity contribution in [1.82, 2.24) is 31.2 Å². The minimum Gasteiger partial charge on any atom is -0.374 e. The molecular weight excluding hydrogens is 693 g/mol. The fourth-order valence-corrected chi connectivity index (χ4v) is 5.74. The van der Waals surface area contributed by atoms with E-state index in [0.29, 0.717) is 11.4 Å². The Morgan fingerprint density at radius 2 is 1.55 bits per heavy atom. The molecule has 0 saturated heterocycles. The third kappa shape index (κ3) is 19.1. The number of aromatic nitrogens is 1. The summed E-state index contributed by atoms with van der Waals surface area (Å²) < 4.78 is 5.75. The van der Waals surface area contributed by atoms with Gasteiger partial charge >= 0.3 is 0 Å². The van der Waals surface area contributed by atoms with Crippen molar-refractivity contribution in [3.05, 3.63) is 64.6 Å². The molecule has 1 heterocycles. The topological polar surface area (TPSA) is 159 Å². The number of hydrogen-bond acceptors (Lipinski definition) is 9. The number of Topliss-reactive ketones (excluding diaryl/α,β-unsaturated/α-hetero) is 1. The van der Waals surface area contributed by atoms with Crippen LogP contribution in [0, 0.1) is 11.8 Å². The minimum atomic E-state index is -1.08. The lowest BCUT2D eigenvalue weighted by Crippen LogP contribution is -2.50. The summed E-state index contributed by atoms with van der Waals surface area (Å²) in [6.07, 6.45) is 4.40. The molecule has 0 fully saturated rings. The molecule has 2 aromatic rings. The van der Waals surface area contributed by atoms with Crippen molar-refractivity contribution < 1.29 is 28.7 Å². The van der Waals surface area contributed by atoms with Gasteiger partial charge in [-0.2, -0.15) is 0 Å². The first-order chi connectivity index (χ1) is 25.2. The number of carbonyl (C=O) groups is 5. The van der Waals surface area contributed by atoms with Crippen molar-refractivity contribution in [3.63, 3.8) is 0 Å². The van der Waals surface area contributed by atoms with E-state index in [9.17, 15) is 24.0 Å². The second kappa shape index (κ2) is 29.5. The number of allylic oxidation sites excluding steroid dienone is 1. The highest BCUT2D eigenvalue weighted by molar-refractivity contribution is 7.09. The summed E-state index contributed by atoms with van der Waals surface area (Å²) in [5.74, 6) is -2.52. The first-order valence-corrected chi connectivity index (χ1v) is 19.4. The number of benzene rings is 1. The molecule has 0 aliphatic carbocycles. The summed E-state index contributed by atoms with van der Waals surface area (Å²) in [7, 11) is 6.30. The zero-order valence-corrected chi connectivity index (χ0v) is 35.3. The number of nitrogens with zero attached hydrogens (tertiary/aromatic N) is 2. The maximum absolute atomic E-state index is 13.2. The molecule has 53 heavy (non-hydrogen) atoms. The summed E-state index contributed by atoms with van der Waals surface area (Å²) in [5, 5.41) is 12.8. The second-order valence-corrected chi connectivity index (χ2v) is 13.5. The number of unbranched alkanes of at least 4 members (excludes halogenated alkanes) is 1. The van der Waals surface area contributed by atoms with Crippen LogP contribution in [-0.4, -0.2) is 92.2 Å². The number of likely N-dealkylation sites (N-methyl/N-ethyl adjacent to an activating group) is 3. The molecule has 1 aromatic carbocycles. The second-order valence-electron chi connectivity index (χ2n) is 12.6. The van der Waals surface area contributed by atoms with Crippen LogP contribution in [0.5, 0.6) is 0 Å². The van der Waals surface area contributed by atoms with E-state index < -0.39 is 35.8 Å². The number of carbonyl (C=O) groups excluding carboxylic acids is 5. The molecule has 12 nitrogen and oxygen atoms in total. The van der Waals surface area contributed by atoms with E-state index in [2.05, 4.69) is 46.7 Å². The average molecular weight is 761 g/mol. The number of ether oxygens (including phenoxy) is 1. The lowest BCUT2D eigenvalue weighted by atomic mass is 9.96. The number of ketones is 1. The van der Waals surface area contributed by atoms with Gasteiger partial charge in [-0.15, -0.1) is 17.9 Å². The van der Waals surface area contributed by atoms with E-state index in [-0.39, 0.29) is 48.4 Å². The maximum Gasteiger partial charge on any atom is 0.289 e. The minimum absolute atomic E-state index is 0.0511. The highest BCUT2D eigenvalue weighted by atomic mass is 32.1. The summed E-state index contributed by atoms with van der Waals surface area (Å²) in [4.78, 5) is 69.7. The largest absolute Gasteiger partial charge is 0.374 e. The zero-order valence-electron chi connectivity index (χ0n) is 34.5. The predicted molar refractivity (Wildman–Crippen MR) is 217 cm³/mol. The Morgan fingerprint density at radius 3 is 2.00 bits per heavy atom. The average Bonchev–Trinajstić information content (AvgIpc) is 3.65. The van der Waals surface area contributed by atoms with Crippen molar-refractivity contribution >= 4 is 40.7 Å². The van der Waals surface area contributed by atoms with Crippen molar-refractivity contribution in [2.45, 2.75) is 112 Å². The quantitative estimate of drug-likeness (QED) is 0.111. The van der Waals surface area contributed by atoms with Gasteiger partial charge in [0.1, 0.15) is 22.8 Å². The molecule has 0 bridgehead atoms.